The van der Waals surface area contributed by atoms with Crippen LogP contribution in [0.25, 0.3) is 11.1 Å². The van der Waals surface area contributed by atoms with E-state index in [0.717, 1.165) is 0 Å². The van der Waals surface area contributed by atoms with E-state index in [1.54, 1.807) is 48.5 Å². The molecule has 3 aromatic carbocycles. The van der Waals surface area contributed by atoms with E-state index in [2.05, 4.69) is 0 Å². The van der Waals surface area contributed by atoms with Gasteiger partial charge in [0.1, 0.15) is 0 Å². The Morgan fingerprint density at radius 2 is 1.17 bits per heavy atom. The molecule has 0 heterocycles. The molecule has 0 aliphatic heterocycles. The summed E-state index contributed by atoms with van der Waals surface area (Å²) in [5.74, 6) is 0. The predicted molar refractivity (Wildman–Crippen MR) is 101 cm³/mol. The van der Waals surface area contributed by atoms with Crippen LogP contribution in [0.1, 0.15) is 21.5 Å². The van der Waals surface area contributed by atoms with Gasteiger partial charge in [-0.25, -0.2) is 0 Å². The fourth-order valence-corrected chi connectivity index (χ4v) is 4.10. The maximum Gasteiger partial charge on any atom is 1.00 e. The number of carbonyl (C=O) groups is 1. The average Bonchev–Trinajstić information content (AvgIpc) is 2.67. The molecule has 0 aliphatic rings. The van der Waals surface area contributed by atoms with Gasteiger partial charge in [0, 0.05) is 5.56 Å². The van der Waals surface area contributed by atoms with Crippen molar-refractivity contribution in [3.8, 4) is 11.1 Å². The molecule has 0 saturated carbocycles. The van der Waals surface area contributed by atoms with E-state index >= 15 is 0 Å². The second-order valence-corrected chi connectivity index (χ2v) is 7.33. The topological polar surface area (TPSA) is 17.1 Å². The van der Waals surface area contributed by atoms with Crippen molar-refractivity contribution in [2.75, 3.05) is 0 Å². The molecule has 3 aromatic rings. The van der Waals surface area contributed by atoms with Gasteiger partial charge >= 0.3 is 31.2 Å². The van der Waals surface area contributed by atoms with Gasteiger partial charge in [0.2, 0.25) is 0 Å². The largest absolute Gasteiger partial charge is 1.00 e. The maximum atomic E-state index is 13.3. The first-order valence-corrected chi connectivity index (χ1v) is 9.32. The van der Waals surface area contributed by atoms with Gasteiger partial charge in [0.15, 0.2) is 5.52 Å². The Balaban J connectivity index is 0.00000320. The van der Waals surface area contributed by atoms with Gasteiger partial charge in [-0.3, -0.25) is 4.79 Å². The molecule has 3 rings (SSSR count). The van der Waals surface area contributed by atoms with Crippen LogP contribution in [-0.2, 0) is 12.4 Å². The van der Waals surface area contributed by atoms with E-state index in [4.69, 9.17) is 0 Å². The third-order valence-corrected chi connectivity index (χ3v) is 5.34. The maximum absolute atomic E-state index is 13.3. The smallest absolute Gasteiger partial charge is 0.289 e. The van der Waals surface area contributed by atoms with Gasteiger partial charge in [-0.2, -0.15) is 26.3 Å². The number of benzene rings is 3. The Kier molecular flexibility index (Phi) is 7.58. The first-order valence-electron chi connectivity index (χ1n) is 8.32. The van der Waals surface area contributed by atoms with E-state index in [-0.39, 0.29) is 18.9 Å². The SMILES string of the molecule is O=C(Pc1ccccc1-c1ccccc1)c1c(C(F)(F)F)cccc1C(F)(F)F.[Li+]. The van der Waals surface area contributed by atoms with Crippen molar-refractivity contribution in [1.29, 1.82) is 0 Å². The van der Waals surface area contributed by atoms with Crippen molar-refractivity contribution in [3.63, 3.8) is 0 Å². The molecule has 0 fully saturated rings. The van der Waals surface area contributed by atoms with E-state index in [0.29, 0.717) is 34.6 Å². The molecular formula is C21H13F6LiOP+. The molecule has 0 radical (unpaired) electrons. The van der Waals surface area contributed by atoms with Crippen molar-refractivity contribution >= 4 is 19.4 Å². The summed E-state index contributed by atoms with van der Waals surface area (Å²) in [5, 5.41) is 0.369. The molecule has 0 N–H and O–H groups in total. The fourth-order valence-electron chi connectivity index (χ4n) is 2.92. The van der Waals surface area contributed by atoms with Crippen LogP contribution in [0.3, 0.4) is 0 Å². The fraction of sp³-hybridized carbons (Fsp3) is 0.0952. The van der Waals surface area contributed by atoms with Crippen LogP contribution >= 0.6 is 8.58 Å². The first-order chi connectivity index (χ1) is 13.6. The van der Waals surface area contributed by atoms with E-state index in [1.165, 1.54) is 6.07 Å². The molecule has 0 aromatic heterocycles. The summed E-state index contributed by atoms with van der Waals surface area (Å²) in [5.41, 5.74) is -4.42. The zero-order valence-electron chi connectivity index (χ0n) is 15.6. The summed E-state index contributed by atoms with van der Waals surface area (Å²) < 4.78 is 80.1. The first kappa shape index (κ1) is 24.2. The third kappa shape index (κ3) is 5.34. The standard InChI is InChI=1S/C21H13F6OP.Li/c22-20(23,24)15-10-6-11-16(21(25,26)27)18(15)19(28)29-17-12-5-4-9-14(17)13-7-2-1-3-8-13;/h1-12,29H;/q;+1. The number of alkyl halides is 6. The number of hydrogen-bond donors (Lipinski definition) is 0. The van der Waals surface area contributed by atoms with Crippen molar-refractivity contribution < 1.29 is 50.0 Å². The van der Waals surface area contributed by atoms with Crippen LogP contribution in [0, 0.1) is 0 Å². The van der Waals surface area contributed by atoms with Gasteiger partial charge in [-0.15, -0.1) is 0 Å². The number of hydrogen-bond acceptors (Lipinski definition) is 1. The van der Waals surface area contributed by atoms with E-state index in [1.807, 2.05) is 0 Å². The number of halogens is 6. The molecule has 150 valence electrons. The molecule has 0 spiro atoms. The number of carbonyl (C=O) groups excluding carboxylic acids is 1. The van der Waals surface area contributed by atoms with Crippen LogP contribution in [0.5, 0.6) is 0 Å². The normalized spacial score (nSPS) is 12.1. The van der Waals surface area contributed by atoms with Crippen molar-refractivity contribution in [1.82, 2.24) is 0 Å². The quantitative estimate of drug-likeness (QED) is 0.350. The zero-order chi connectivity index (χ0) is 21.2. The predicted octanol–water partition coefficient (Wildman–Crippen LogP) is 3.54. The Labute approximate surface area is 182 Å². The van der Waals surface area contributed by atoms with E-state index in [9.17, 15) is 31.1 Å². The minimum absolute atomic E-state index is 0. The molecule has 30 heavy (non-hydrogen) atoms. The van der Waals surface area contributed by atoms with Crippen LogP contribution < -0.4 is 24.2 Å². The second-order valence-electron chi connectivity index (χ2n) is 6.09. The number of rotatable bonds is 4. The Hall–Kier alpha value is -2.06. The van der Waals surface area contributed by atoms with Gasteiger partial charge in [-0.05, 0) is 37.1 Å². The summed E-state index contributed by atoms with van der Waals surface area (Å²) >= 11 is 0. The van der Waals surface area contributed by atoms with Gasteiger partial charge in [0.25, 0.3) is 0 Å². The average molecular weight is 433 g/mol. The summed E-state index contributed by atoms with van der Waals surface area (Å²) in [7, 11) is -0.908. The minimum atomic E-state index is -5.09. The van der Waals surface area contributed by atoms with Gasteiger partial charge in [0.05, 0.1) is 11.1 Å². The monoisotopic (exact) mass is 433 g/mol. The summed E-state index contributed by atoms with van der Waals surface area (Å²) in [6.07, 6.45) is -10.2. The molecular weight excluding hydrogens is 420 g/mol. The van der Waals surface area contributed by atoms with Crippen molar-refractivity contribution in [2.24, 2.45) is 0 Å². The Morgan fingerprint density at radius 1 is 0.667 bits per heavy atom. The summed E-state index contributed by atoms with van der Waals surface area (Å²) in [6.45, 7) is 0. The molecule has 1 nitrogen and oxygen atoms in total. The molecule has 0 bridgehead atoms. The third-order valence-electron chi connectivity index (χ3n) is 4.16. The summed E-state index contributed by atoms with van der Waals surface area (Å²) in [6, 6.07) is 16.9. The molecule has 1 unspecified atom stereocenters. The van der Waals surface area contributed by atoms with E-state index < -0.39 is 43.1 Å². The van der Waals surface area contributed by atoms with Crippen molar-refractivity contribution in [2.45, 2.75) is 12.4 Å². The van der Waals surface area contributed by atoms with Gasteiger partial charge < -0.3 is 0 Å². The second kappa shape index (κ2) is 9.39. The molecule has 0 saturated heterocycles. The molecule has 0 aliphatic carbocycles. The Bertz CT molecular complexity index is 999. The van der Waals surface area contributed by atoms with Crippen LogP contribution in [-0.4, -0.2) is 5.52 Å². The van der Waals surface area contributed by atoms with Gasteiger partial charge in [-0.1, -0.05) is 60.7 Å². The zero-order valence-corrected chi connectivity index (χ0v) is 16.6. The summed E-state index contributed by atoms with van der Waals surface area (Å²) in [4.78, 5) is 12.7. The van der Waals surface area contributed by atoms with Crippen molar-refractivity contribution in [3.05, 3.63) is 89.5 Å². The molecule has 0 amide bonds. The molecule has 1 atom stereocenters. The molecule has 9 heteroatoms. The van der Waals surface area contributed by atoms with Crippen LogP contribution in [0.2, 0.25) is 0 Å². The van der Waals surface area contributed by atoms with Crippen LogP contribution in [0.15, 0.2) is 72.8 Å². The van der Waals surface area contributed by atoms with Crippen LogP contribution in [0.4, 0.5) is 26.3 Å². The Morgan fingerprint density at radius 3 is 1.70 bits per heavy atom. The minimum Gasteiger partial charge on any atom is -0.289 e.